The molecule has 74 valence electrons. The van der Waals surface area contributed by atoms with Gasteiger partial charge in [0.15, 0.2) is 0 Å². The van der Waals surface area contributed by atoms with Crippen LogP contribution in [0.1, 0.15) is 15.8 Å². The molecule has 0 aromatic carbocycles. The zero-order chi connectivity index (χ0) is 9.97. The average Bonchev–Trinajstić information content (AvgIpc) is 2.75. The summed E-state index contributed by atoms with van der Waals surface area (Å²) in [5.74, 6) is 0. The van der Waals surface area contributed by atoms with Crippen LogP contribution in [0.5, 0.6) is 0 Å². The summed E-state index contributed by atoms with van der Waals surface area (Å²) in [6.45, 7) is 0. The van der Waals surface area contributed by atoms with E-state index < -0.39 is 0 Å². The molecule has 2 aromatic heterocycles. The number of thiophene rings is 2. The fourth-order valence-electron chi connectivity index (χ4n) is 1.28. The summed E-state index contributed by atoms with van der Waals surface area (Å²) in [6.07, 6.45) is 0.927. The van der Waals surface area contributed by atoms with E-state index in [-0.39, 0.29) is 6.04 Å². The Labute approximate surface area is 99.7 Å². The summed E-state index contributed by atoms with van der Waals surface area (Å²) >= 11 is 6.93. The van der Waals surface area contributed by atoms with Crippen LogP contribution in [-0.4, -0.2) is 0 Å². The van der Waals surface area contributed by atoms with Crippen LogP contribution in [-0.2, 0) is 6.42 Å². The Kier molecular flexibility index (Phi) is 3.38. The molecule has 0 bridgehead atoms. The van der Waals surface area contributed by atoms with Crippen LogP contribution < -0.4 is 5.73 Å². The Balaban J connectivity index is 2.05. The van der Waals surface area contributed by atoms with Crippen LogP contribution in [0.3, 0.4) is 0 Å². The Morgan fingerprint density at radius 3 is 2.79 bits per heavy atom. The summed E-state index contributed by atoms with van der Waals surface area (Å²) in [6, 6.07) is 8.48. The highest BCUT2D eigenvalue weighted by Crippen LogP contribution is 2.27. The van der Waals surface area contributed by atoms with Crippen molar-refractivity contribution in [2.24, 2.45) is 5.73 Å². The molecule has 2 N–H and O–H groups in total. The molecule has 0 aliphatic carbocycles. The third-order valence-corrected chi connectivity index (χ3v) is 4.61. The minimum absolute atomic E-state index is 0.139. The highest BCUT2D eigenvalue weighted by molar-refractivity contribution is 9.11. The average molecular weight is 288 g/mol. The molecule has 0 fully saturated rings. The van der Waals surface area contributed by atoms with Crippen molar-refractivity contribution in [2.45, 2.75) is 12.5 Å². The largest absolute Gasteiger partial charge is 0.323 e. The topological polar surface area (TPSA) is 26.0 Å². The molecule has 14 heavy (non-hydrogen) atoms. The first-order valence-corrected chi connectivity index (χ1v) is 6.78. The van der Waals surface area contributed by atoms with E-state index in [1.807, 2.05) is 6.07 Å². The number of rotatable bonds is 3. The van der Waals surface area contributed by atoms with E-state index >= 15 is 0 Å². The van der Waals surface area contributed by atoms with Gasteiger partial charge in [-0.15, -0.1) is 22.7 Å². The molecule has 1 unspecified atom stereocenters. The van der Waals surface area contributed by atoms with Gasteiger partial charge in [0.2, 0.25) is 0 Å². The molecule has 0 aliphatic heterocycles. The van der Waals surface area contributed by atoms with Gasteiger partial charge in [0, 0.05) is 22.2 Å². The first kappa shape index (κ1) is 10.4. The van der Waals surface area contributed by atoms with Gasteiger partial charge in [0.25, 0.3) is 0 Å². The third kappa shape index (κ3) is 2.45. The molecule has 0 aliphatic rings. The van der Waals surface area contributed by atoms with E-state index in [1.54, 1.807) is 22.7 Å². The second-order valence-corrected chi connectivity index (χ2v) is 6.56. The van der Waals surface area contributed by atoms with Crippen molar-refractivity contribution in [3.8, 4) is 0 Å². The lowest BCUT2D eigenvalue weighted by Crippen LogP contribution is -2.10. The van der Waals surface area contributed by atoms with Crippen LogP contribution in [0.4, 0.5) is 0 Å². The van der Waals surface area contributed by atoms with Gasteiger partial charge in [0.05, 0.1) is 3.79 Å². The van der Waals surface area contributed by atoms with Crippen molar-refractivity contribution < 1.29 is 0 Å². The van der Waals surface area contributed by atoms with Crippen molar-refractivity contribution >= 4 is 38.6 Å². The van der Waals surface area contributed by atoms with Crippen molar-refractivity contribution in [1.82, 2.24) is 0 Å². The van der Waals surface area contributed by atoms with Gasteiger partial charge in [-0.25, -0.2) is 0 Å². The van der Waals surface area contributed by atoms with Crippen molar-refractivity contribution in [1.29, 1.82) is 0 Å². The van der Waals surface area contributed by atoms with Crippen molar-refractivity contribution in [3.05, 3.63) is 43.2 Å². The van der Waals surface area contributed by atoms with E-state index in [1.165, 1.54) is 13.5 Å². The molecule has 4 heteroatoms. The summed E-state index contributed by atoms with van der Waals surface area (Å²) in [5, 5.41) is 2.07. The third-order valence-electron chi connectivity index (χ3n) is 1.96. The smallest absolute Gasteiger partial charge is 0.0701 e. The van der Waals surface area contributed by atoms with E-state index in [0.717, 1.165) is 6.42 Å². The molecule has 0 saturated heterocycles. The van der Waals surface area contributed by atoms with Crippen molar-refractivity contribution in [2.75, 3.05) is 0 Å². The highest BCUT2D eigenvalue weighted by atomic mass is 79.9. The first-order chi connectivity index (χ1) is 6.75. The Bertz CT molecular complexity index is 394. The van der Waals surface area contributed by atoms with Gasteiger partial charge in [-0.2, -0.15) is 0 Å². The maximum absolute atomic E-state index is 6.08. The van der Waals surface area contributed by atoms with Crippen LogP contribution in [0.15, 0.2) is 33.4 Å². The quantitative estimate of drug-likeness (QED) is 0.913. The fourth-order valence-corrected chi connectivity index (χ4v) is 3.55. The van der Waals surface area contributed by atoms with E-state index in [0.29, 0.717) is 0 Å². The van der Waals surface area contributed by atoms with Gasteiger partial charge < -0.3 is 5.73 Å². The molecule has 1 nitrogen and oxygen atoms in total. The summed E-state index contributed by atoms with van der Waals surface area (Å²) in [7, 11) is 0. The molecule has 0 spiro atoms. The molecule has 0 saturated carbocycles. The molecule has 2 aromatic rings. The number of hydrogen-bond acceptors (Lipinski definition) is 3. The second-order valence-electron chi connectivity index (χ2n) is 3.03. The van der Waals surface area contributed by atoms with Crippen molar-refractivity contribution in [3.63, 3.8) is 0 Å². The highest BCUT2D eigenvalue weighted by Gasteiger charge is 2.09. The van der Waals surface area contributed by atoms with Crippen LogP contribution in [0, 0.1) is 0 Å². The van der Waals surface area contributed by atoms with Gasteiger partial charge in [0.1, 0.15) is 0 Å². The standard InChI is InChI=1S/C10H10BrNS2/c11-10-4-3-7(14-10)6-8(12)9-2-1-5-13-9/h1-5,8H,6,12H2. The van der Waals surface area contributed by atoms with Gasteiger partial charge >= 0.3 is 0 Å². The molecule has 1 atom stereocenters. The number of halogens is 1. The minimum atomic E-state index is 0.139. The van der Waals surface area contributed by atoms with E-state index in [2.05, 4.69) is 39.5 Å². The van der Waals surface area contributed by atoms with Gasteiger partial charge in [-0.05, 0) is 39.5 Å². The second kappa shape index (κ2) is 4.57. The normalized spacial score (nSPS) is 13.0. The minimum Gasteiger partial charge on any atom is -0.323 e. The monoisotopic (exact) mass is 287 g/mol. The lowest BCUT2D eigenvalue weighted by Gasteiger charge is -2.06. The molecular formula is C10H10BrNS2. The first-order valence-electron chi connectivity index (χ1n) is 4.29. The lowest BCUT2D eigenvalue weighted by atomic mass is 10.1. The zero-order valence-electron chi connectivity index (χ0n) is 7.44. The molecule has 0 amide bonds. The summed E-state index contributed by atoms with van der Waals surface area (Å²) in [5.41, 5.74) is 6.08. The number of nitrogens with two attached hydrogens (primary N) is 1. The molecule has 2 heterocycles. The maximum Gasteiger partial charge on any atom is 0.0701 e. The maximum atomic E-state index is 6.08. The van der Waals surface area contributed by atoms with Crippen LogP contribution >= 0.6 is 38.6 Å². The molecular weight excluding hydrogens is 278 g/mol. The van der Waals surface area contributed by atoms with E-state index in [4.69, 9.17) is 5.73 Å². The summed E-state index contributed by atoms with van der Waals surface area (Å²) < 4.78 is 1.17. The Hall–Kier alpha value is -0.160. The van der Waals surface area contributed by atoms with Gasteiger partial charge in [-0.1, -0.05) is 6.07 Å². The number of hydrogen-bond donors (Lipinski definition) is 1. The summed E-state index contributed by atoms with van der Waals surface area (Å²) in [4.78, 5) is 2.59. The zero-order valence-corrected chi connectivity index (χ0v) is 10.7. The molecule has 0 radical (unpaired) electrons. The van der Waals surface area contributed by atoms with Crippen LogP contribution in [0.2, 0.25) is 0 Å². The predicted octanol–water partition coefficient (Wildman–Crippen LogP) is 3.81. The predicted molar refractivity (Wildman–Crippen MR) is 67.0 cm³/mol. The van der Waals surface area contributed by atoms with Crippen LogP contribution in [0.25, 0.3) is 0 Å². The Morgan fingerprint density at radius 1 is 1.36 bits per heavy atom. The lowest BCUT2D eigenvalue weighted by molar-refractivity contribution is 0.745. The molecule has 2 rings (SSSR count). The SMILES string of the molecule is NC(Cc1ccc(Br)s1)c1cccs1. The fraction of sp³-hybridized carbons (Fsp3) is 0.200. The van der Waals surface area contributed by atoms with E-state index in [9.17, 15) is 0 Å². The Morgan fingerprint density at radius 2 is 2.21 bits per heavy atom. The van der Waals surface area contributed by atoms with Gasteiger partial charge in [-0.3, -0.25) is 0 Å².